The van der Waals surface area contributed by atoms with E-state index in [1.165, 1.54) is 11.1 Å². The monoisotopic (exact) mass is 455 g/mol. The van der Waals surface area contributed by atoms with Crippen LogP contribution in [0.25, 0.3) is 0 Å². The molecule has 0 radical (unpaired) electrons. The molecular formula is C29H33N3O2. The fraction of sp³-hybridized carbons (Fsp3) is 0.345. The summed E-state index contributed by atoms with van der Waals surface area (Å²) in [4.78, 5) is 32.4. The van der Waals surface area contributed by atoms with E-state index < -0.39 is 5.41 Å². The van der Waals surface area contributed by atoms with Gasteiger partial charge in [0.2, 0.25) is 5.91 Å². The van der Waals surface area contributed by atoms with Gasteiger partial charge >= 0.3 is 0 Å². The average molecular weight is 456 g/mol. The van der Waals surface area contributed by atoms with Crippen LogP contribution in [0.2, 0.25) is 0 Å². The van der Waals surface area contributed by atoms with Gasteiger partial charge in [0, 0.05) is 32.0 Å². The minimum absolute atomic E-state index is 0.0163. The second-order valence-electron chi connectivity index (χ2n) is 9.15. The van der Waals surface area contributed by atoms with E-state index in [4.69, 9.17) is 0 Å². The van der Waals surface area contributed by atoms with Crippen molar-refractivity contribution in [3.63, 3.8) is 0 Å². The molecule has 2 heterocycles. The molecule has 0 bridgehead atoms. The number of piperidine rings is 1. The van der Waals surface area contributed by atoms with E-state index in [9.17, 15) is 9.59 Å². The van der Waals surface area contributed by atoms with Crippen molar-refractivity contribution >= 4 is 11.8 Å². The molecule has 0 unspecified atom stereocenters. The Morgan fingerprint density at radius 2 is 1.62 bits per heavy atom. The predicted molar refractivity (Wildman–Crippen MR) is 134 cm³/mol. The van der Waals surface area contributed by atoms with Crippen LogP contribution in [-0.2, 0) is 24.1 Å². The van der Waals surface area contributed by atoms with E-state index in [2.05, 4.69) is 53.6 Å². The number of nitrogens with one attached hydrogen (secondary N) is 1. The van der Waals surface area contributed by atoms with Crippen molar-refractivity contribution in [3.05, 3.63) is 101 Å². The Morgan fingerprint density at radius 3 is 2.26 bits per heavy atom. The fourth-order valence-corrected chi connectivity index (χ4v) is 4.73. The van der Waals surface area contributed by atoms with Gasteiger partial charge in [0.15, 0.2) is 0 Å². The number of carbonyl (C=O) groups is 2. The minimum atomic E-state index is -0.515. The summed E-state index contributed by atoms with van der Waals surface area (Å²) in [5.41, 5.74) is 3.78. The van der Waals surface area contributed by atoms with Gasteiger partial charge in [-0.15, -0.1) is 0 Å². The van der Waals surface area contributed by atoms with Crippen molar-refractivity contribution in [1.82, 2.24) is 15.2 Å². The third-order valence-corrected chi connectivity index (χ3v) is 6.91. The summed E-state index contributed by atoms with van der Waals surface area (Å²) in [5.74, 6) is 0.0763. The summed E-state index contributed by atoms with van der Waals surface area (Å²) in [6.07, 6.45) is 7.08. The largest absolute Gasteiger partial charge is 0.355 e. The third kappa shape index (κ3) is 5.71. The van der Waals surface area contributed by atoms with E-state index in [1.807, 2.05) is 23.1 Å². The Bertz CT molecular complexity index is 1070. The van der Waals surface area contributed by atoms with Crippen LogP contribution in [0.5, 0.6) is 0 Å². The normalized spacial score (nSPS) is 15.0. The molecule has 0 atom stereocenters. The lowest BCUT2D eigenvalue weighted by atomic mass is 9.72. The first-order chi connectivity index (χ1) is 16.6. The standard InChI is InChI=1S/C29H33N3O2/c1-2-23-10-12-24(13-11-23)14-18-31-28(34)29(21-25-7-4-3-5-8-25)15-19-32(20-16-29)27(33)26-9-6-17-30-22-26/h3-13,17,22H,2,14-16,18-21H2,1H3,(H,31,34). The summed E-state index contributed by atoms with van der Waals surface area (Å²) >= 11 is 0. The molecule has 3 aromatic rings. The van der Waals surface area contributed by atoms with Gasteiger partial charge in [-0.05, 0) is 60.9 Å². The smallest absolute Gasteiger partial charge is 0.255 e. The van der Waals surface area contributed by atoms with Gasteiger partial charge in [0.1, 0.15) is 0 Å². The van der Waals surface area contributed by atoms with Gasteiger partial charge in [-0.25, -0.2) is 0 Å². The van der Waals surface area contributed by atoms with Gasteiger partial charge in [-0.1, -0.05) is 61.5 Å². The molecule has 0 saturated carbocycles. The lowest BCUT2D eigenvalue weighted by Crippen LogP contribution is -2.51. The predicted octanol–water partition coefficient (Wildman–Crippen LogP) is 4.47. The highest BCUT2D eigenvalue weighted by Gasteiger charge is 2.42. The summed E-state index contributed by atoms with van der Waals surface area (Å²) in [6.45, 7) is 3.88. The van der Waals surface area contributed by atoms with Crippen molar-refractivity contribution in [3.8, 4) is 0 Å². The maximum Gasteiger partial charge on any atom is 0.255 e. The van der Waals surface area contributed by atoms with Gasteiger partial charge in [-0.3, -0.25) is 14.6 Å². The van der Waals surface area contributed by atoms with Crippen LogP contribution in [-0.4, -0.2) is 41.3 Å². The number of hydrogen-bond acceptors (Lipinski definition) is 3. The van der Waals surface area contributed by atoms with Crippen molar-refractivity contribution < 1.29 is 9.59 Å². The number of likely N-dealkylation sites (tertiary alicyclic amines) is 1. The molecule has 1 aliphatic heterocycles. The van der Waals surface area contributed by atoms with Crippen LogP contribution in [0.4, 0.5) is 0 Å². The summed E-state index contributed by atoms with van der Waals surface area (Å²) in [7, 11) is 0. The van der Waals surface area contributed by atoms with Crippen LogP contribution in [0.3, 0.4) is 0 Å². The first-order valence-electron chi connectivity index (χ1n) is 12.2. The average Bonchev–Trinajstić information content (AvgIpc) is 2.90. The Labute approximate surface area is 202 Å². The molecule has 2 aromatic carbocycles. The van der Waals surface area contributed by atoms with E-state index in [0.29, 0.717) is 44.5 Å². The first-order valence-corrected chi connectivity index (χ1v) is 12.2. The van der Waals surface area contributed by atoms with Gasteiger partial charge < -0.3 is 10.2 Å². The summed E-state index contributed by atoms with van der Waals surface area (Å²) in [6, 6.07) is 22.4. The highest BCUT2D eigenvalue weighted by atomic mass is 16.2. The number of nitrogens with zero attached hydrogens (tertiary/aromatic N) is 2. The highest BCUT2D eigenvalue weighted by Crippen LogP contribution is 2.36. The molecule has 0 aliphatic carbocycles. The Kier molecular flexibility index (Phi) is 7.73. The van der Waals surface area contributed by atoms with Crippen LogP contribution < -0.4 is 5.32 Å². The van der Waals surface area contributed by atoms with Gasteiger partial charge in [0.25, 0.3) is 5.91 Å². The lowest BCUT2D eigenvalue weighted by Gasteiger charge is -2.41. The van der Waals surface area contributed by atoms with Crippen LogP contribution >= 0.6 is 0 Å². The molecule has 176 valence electrons. The van der Waals surface area contributed by atoms with Gasteiger partial charge in [0.05, 0.1) is 11.0 Å². The van der Waals surface area contributed by atoms with Crippen LogP contribution in [0.1, 0.15) is 46.8 Å². The maximum absolute atomic E-state index is 13.5. The quantitative estimate of drug-likeness (QED) is 0.545. The number of hydrogen-bond donors (Lipinski definition) is 1. The Morgan fingerprint density at radius 1 is 0.912 bits per heavy atom. The zero-order chi connectivity index (χ0) is 23.8. The number of pyridine rings is 1. The van der Waals surface area contributed by atoms with Crippen molar-refractivity contribution in [2.45, 2.75) is 39.0 Å². The van der Waals surface area contributed by atoms with Crippen LogP contribution in [0, 0.1) is 5.41 Å². The number of amides is 2. The fourth-order valence-electron chi connectivity index (χ4n) is 4.73. The molecule has 1 N–H and O–H groups in total. The van der Waals surface area contributed by atoms with Gasteiger partial charge in [-0.2, -0.15) is 0 Å². The summed E-state index contributed by atoms with van der Waals surface area (Å²) < 4.78 is 0. The summed E-state index contributed by atoms with van der Waals surface area (Å²) in [5, 5.41) is 3.21. The second-order valence-corrected chi connectivity index (χ2v) is 9.15. The second kappa shape index (κ2) is 11.1. The molecule has 1 fully saturated rings. The zero-order valence-electron chi connectivity index (χ0n) is 19.9. The lowest BCUT2D eigenvalue weighted by molar-refractivity contribution is -0.133. The van der Waals surface area contributed by atoms with Crippen molar-refractivity contribution in [2.75, 3.05) is 19.6 Å². The third-order valence-electron chi connectivity index (χ3n) is 6.91. The molecular weight excluding hydrogens is 422 g/mol. The highest BCUT2D eigenvalue weighted by molar-refractivity contribution is 5.94. The molecule has 4 rings (SSSR count). The maximum atomic E-state index is 13.5. The Balaban J connectivity index is 1.42. The minimum Gasteiger partial charge on any atom is -0.355 e. The first kappa shape index (κ1) is 23.7. The number of carbonyl (C=O) groups excluding carboxylic acids is 2. The van der Waals surface area contributed by atoms with Crippen molar-refractivity contribution in [1.29, 1.82) is 0 Å². The number of aryl methyl sites for hydroxylation is 1. The molecule has 5 nitrogen and oxygen atoms in total. The SMILES string of the molecule is CCc1ccc(CCNC(=O)C2(Cc3ccccc3)CCN(C(=O)c3cccnc3)CC2)cc1. The molecule has 1 aliphatic rings. The van der Waals surface area contributed by atoms with Crippen molar-refractivity contribution in [2.24, 2.45) is 5.41 Å². The number of benzene rings is 2. The Hall–Kier alpha value is -3.47. The molecule has 5 heteroatoms. The van der Waals surface area contributed by atoms with E-state index in [1.54, 1.807) is 24.5 Å². The molecule has 1 saturated heterocycles. The molecule has 2 amide bonds. The molecule has 34 heavy (non-hydrogen) atoms. The number of aromatic nitrogens is 1. The topological polar surface area (TPSA) is 62.3 Å². The van der Waals surface area contributed by atoms with Crippen LogP contribution in [0.15, 0.2) is 79.1 Å². The van der Waals surface area contributed by atoms with E-state index in [-0.39, 0.29) is 11.8 Å². The van der Waals surface area contributed by atoms with E-state index >= 15 is 0 Å². The zero-order valence-corrected chi connectivity index (χ0v) is 19.9. The molecule has 0 spiro atoms. The number of rotatable bonds is 8. The molecule has 1 aromatic heterocycles. The van der Waals surface area contributed by atoms with E-state index in [0.717, 1.165) is 18.4 Å².